The zero-order chi connectivity index (χ0) is 39.3. The Balaban J connectivity index is 0.00000130. The van der Waals surface area contributed by atoms with Crippen molar-refractivity contribution in [3.8, 4) is 16.9 Å². The molecule has 4 aromatic carbocycles. The number of hydrogen-bond donors (Lipinski definition) is 3. The third-order valence-corrected chi connectivity index (χ3v) is 8.96. The van der Waals surface area contributed by atoms with Crippen LogP contribution in [-0.4, -0.2) is 54.6 Å². The lowest BCUT2D eigenvalue weighted by molar-refractivity contribution is -0.109. The van der Waals surface area contributed by atoms with Crippen molar-refractivity contribution in [2.45, 2.75) is 61.3 Å². The molecule has 5 rings (SSSR count). The van der Waals surface area contributed by atoms with Crippen LogP contribution >= 0.6 is 23.2 Å². The summed E-state index contributed by atoms with van der Waals surface area (Å²) < 4.78 is 6.21. The molecule has 1 aromatic heterocycles. The average Bonchev–Trinajstić information content (AvgIpc) is 3.16. The number of hydrogen-bond acceptors (Lipinski definition) is 7. The van der Waals surface area contributed by atoms with E-state index in [0.717, 1.165) is 93.0 Å². The highest BCUT2D eigenvalue weighted by atomic mass is 35.5. The van der Waals surface area contributed by atoms with Crippen LogP contribution < -0.4 is 15.4 Å². The van der Waals surface area contributed by atoms with Gasteiger partial charge in [-0.2, -0.15) is 0 Å². The summed E-state index contributed by atoms with van der Waals surface area (Å²) in [4.78, 5) is 28.8. The van der Waals surface area contributed by atoms with Gasteiger partial charge < -0.3 is 25.3 Å². The number of carbonyl (C=O) groups is 2. The fourth-order valence-electron chi connectivity index (χ4n) is 5.84. The second kappa shape index (κ2) is 23.7. The maximum absolute atomic E-state index is 11.0. The molecule has 0 aliphatic heterocycles. The molecule has 0 radical (unpaired) electrons. The van der Waals surface area contributed by atoms with Crippen LogP contribution in [-0.2, 0) is 9.59 Å². The number of aliphatic hydroxyl groups is 1. The smallest absolute Gasteiger partial charge is 0.207 e. The fraction of sp³-hybridized carbons (Fsp3) is 0.302. The number of aromatic nitrogens is 2. The summed E-state index contributed by atoms with van der Waals surface area (Å²) in [6.07, 6.45) is 6.80. The maximum atomic E-state index is 11.0. The normalized spacial score (nSPS) is 10.4. The van der Waals surface area contributed by atoms with Gasteiger partial charge >= 0.3 is 0 Å². The molecule has 0 unspecified atom stereocenters. The minimum absolute atomic E-state index is 0.453. The van der Waals surface area contributed by atoms with E-state index in [1.165, 1.54) is 17.7 Å². The molecule has 0 bridgehead atoms. The summed E-state index contributed by atoms with van der Waals surface area (Å²) in [5.41, 5.74) is 9.53. The second-order valence-corrected chi connectivity index (χ2v) is 12.3. The molecule has 0 saturated heterocycles. The third kappa shape index (κ3) is 12.4. The maximum Gasteiger partial charge on any atom is 0.207 e. The molecular formula is C43H52Cl2N4O4. The van der Waals surface area contributed by atoms with Crippen molar-refractivity contribution >= 4 is 64.0 Å². The lowest BCUT2D eigenvalue weighted by Crippen LogP contribution is -2.21. The Morgan fingerprint density at radius 2 is 1.47 bits per heavy atom. The van der Waals surface area contributed by atoms with E-state index in [4.69, 9.17) is 37.8 Å². The zero-order valence-electron chi connectivity index (χ0n) is 32.0. The molecular weight excluding hydrogens is 707 g/mol. The van der Waals surface area contributed by atoms with Crippen molar-refractivity contribution in [1.29, 1.82) is 0 Å². The van der Waals surface area contributed by atoms with E-state index in [2.05, 4.69) is 75.2 Å². The molecule has 1 heterocycles. The van der Waals surface area contributed by atoms with E-state index in [9.17, 15) is 4.79 Å². The number of anilines is 1. The number of aldehydes is 1. The van der Waals surface area contributed by atoms with Gasteiger partial charge in [0.2, 0.25) is 6.41 Å². The molecule has 0 aliphatic rings. The molecule has 282 valence electrons. The standard InChI is InChI=1S/C38H38Cl2N4O2.C2H4O.C2H6.CH4O/c1-24-19-31(20-25(2)37(24)40)46-18-8-12-30(21-29-11-7-10-28-9-5-6-13-32(28)29)33-14-15-34(39)36(38(33)42-17-16-41-23-45)35-26(3)43-22-44-27(35)4;1-2-3;2*1-2/h5-7,9-11,13-15,19-23,42H,8,12,16-18H2,1-4H3,(H,41,45);2H,1H3;1-2H3;2H,1H3/b30-21+;;;. The third-order valence-electron chi connectivity index (χ3n) is 8.05. The van der Waals surface area contributed by atoms with Crippen LogP contribution in [0.3, 0.4) is 0 Å². The first kappa shape index (κ1) is 44.4. The first-order chi connectivity index (χ1) is 25.7. The topological polar surface area (TPSA) is 113 Å². The fourth-order valence-corrected chi connectivity index (χ4v) is 6.20. The SMILES string of the molecule is CC.CC=O.CO.Cc1cc(OCCC/C(=C\c2cccc3ccccc23)c2ccc(Cl)c(-c3c(C)ncnc3C)c2NCCNC=O)cc(C)c1Cl. The number of amides is 1. The number of carbonyl (C=O) groups excluding carboxylic acids is 2. The number of benzene rings is 4. The lowest BCUT2D eigenvalue weighted by Gasteiger charge is -2.22. The first-order valence-corrected chi connectivity index (χ1v) is 18.4. The van der Waals surface area contributed by atoms with Crippen molar-refractivity contribution in [3.63, 3.8) is 0 Å². The van der Waals surface area contributed by atoms with Crippen molar-refractivity contribution in [2.75, 3.05) is 32.1 Å². The number of nitrogens with one attached hydrogen (secondary N) is 2. The van der Waals surface area contributed by atoms with E-state index >= 15 is 0 Å². The predicted octanol–water partition coefficient (Wildman–Crippen LogP) is 10.2. The van der Waals surface area contributed by atoms with Gasteiger partial charge in [0.05, 0.1) is 17.3 Å². The van der Waals surface area contributed by atoms with Crippen LogP contribution in [0.4, 0.5) is 5.69 Å². The van der Waals surface area contributed by atoms with Gasteiger partial charge in [-0.15, -0.1) is 0 Å². The van der Waals surface area contributed by atoms with Gasteiger partial charge in [0.25, 0.3) is 0 Å². The molecule has 5 aromatic rings. The van der Waals surface area contributed by atoms with Crippen LogP contribution in [0.25, 0.3) is 33.5 Å². The van der Waals surface area contributed by atoms with Gasteiger partial charge in [0, 0.05) is 53.3 Å². The van der Waals surface area contributed by atoms with E-state index in [1.807, 2.05) is 59.7 Å². The largest absolute Gasteiger partial charge is 0.494 e. The summed E-state index contributed by atoms with van der Waals surface area (Å²) in [6, 6.07) is 22.7. The van der Waals surface area contributed by atoms with E-state index < -0.39 is 0 Å². The second-order valence-electron chi connectivity index (χ2n) is 11.6. The Labute approximate surface area is 324 Å². The number of halogens is 2. The summed E-state index contributed by atoms with van der Waals surface area (Å²) in [6.45, 7) is 14.9. The van der Waals surface area contributed by atoms with Gasteiger partial charge in [-0.3, -0.25) is 4.79 Å². The molecule has 0 aliphatic carbocycles. The van der Waals surface area contributed by atoms with Crippen molar-refractivity contribution in [2.24, 2.45) is 0 Å². The highest BCUT2D eigenvalue weighted by Gasteiger charge is 2.21. The van der Waals surface area contributed by atoms with Crippen LogP contribution in [0.5, 0.6) is 5.75 Å². The van der Waals surface area contributed by atoms with E-state index in [-0.39, 0.29) is 0 Å². The summed E-state index contributed by atoms with van der Waals surface area (Å²) in [7, 11) is 1.00. The monoisotopic (exact) mass is 758 g/mol. The Kier molecular flexibility index (Phi) is 19.9. The Morgan fingerprint density at radius 1 is 0.849 bits per heavy atom. The zero-order valence-corrected chi connectivity index (χ0v) is 33.5. The lowest BCUT2D eigenvalue weighted by atomic mass is 9.90. The highest BCUT2D eigenvalue weighted by molar-refractivity contribution is 6.34. The molecule has 1 amide bonds. The van der Waals surface area contributed by atoms with Gasteiger partial charge in [-0.1, -0.05) is 91.7 Å². The van der Waals surface area contributed by atoms with Crippen LogP contribution in [0.1, 0.15) is 67.3 Å². The Bertz CT molecular complexity index is 1910. The van der Waals surface area contributed by atoms with Crippen molar-refractivity contribution in [1.82, 2.24) is 15.3 Å². The first-order valence-electron chi connectivity index (χ1n) is 17.6. The minimum atomic E-state index is 0.453. The van der Waals surface area contributed by atoms with Gasteiger partial charge in [0.15, 0.2) is 0 Å². The molecule has 3 N–H and O–H groups in total. The van der Waals surface area contributed by atoms with Crippen molar-refractivity contribution in [3.05, 3.63) is 117 Å². The number of fused-ring (bicyclic) bond motifs is 1. The minimum Gasteiger partial charge on any atom is -0.494 e. The van der Waals surface area contributed by atoms with Gasteiger partial charge in [-0.25, -0.2) is 9.97 Å². The molecule has 10 heteroatoms. The summed E-state index contributed by atoms with van der Waals surface area (Å²) in [5.74, 6) is 0.813. The van der Waals surface area contributed by atoms with Crippen LogP contribution in [0, 0.1) is 27.7 Å². The Morgan fingerprint density at radius 3 is 2.11 bits per heavy atom. The van der Waals surface area contributed by atoms with Crippen LogP contribution in [0.2, 0.25) is 10.0 Å². The van der Waals surface area contributed by atoms with Crippen molar-refractivity contribution < 1.29 is 19.4 Å². The molecule has 8 nitrogen and oxygen atoms in total. The number of allylic oxidation sites excluding steroid dienone is 1. The summed E-state index contributed by atoms with van der Waals surface area (Å²) in [5, 5.41) is 17.1. The number of rotatable bonds is 13. The molecule has 53 heavy (non-hydrogen) atoms. The number of aryl methyl sites for hydroxylation is 4. The molecule has 0 atom stereocenters. The van der Waals surface area contributed by atoms with Gasteiger partial charge in [0.1, 0.15) is 18.4 Å². The number of aliphatic hydroxyl groups excluding tert-OH is 1. The number of nitrogens with zero attached hydrogens (tertiary/aromatic N) is 2. The van der Waals surface area contributed by atoms with E-state index in [0.29, 0.717) is 31.1 Å². The number of ether oxygens (including phenoxy) is 1. The summed E-state index contributed by atoms with van der Waals surface area (Å²) >= 11 is 13.4. The van der Waals surface area contributed by atoms with Gasteiger partial charge in [-0.05, 0) is 98.7 Å². The van der Waals surface area contributed by atoms with Crippen LogP contribution in [0.15, 0.2) is 73.1 Å². The van der Waals surface area contributed by atoms with E-state index in [1.54, 1.807) is 6.33 Å². The predicted molar refractivity (Wildman–Crippen MR) is 223 cm³/mol. The average molecular weight is 760 g/mol. The molecule has 0 spiro atoms. The molecule has 0 fully saturated rings. The highest BCUT2D eigenvalue weighted by Crippen LogP contribution is 2.43. The quantitative estimate of drug-likeness (QED) is 0.0622. The Hall–Kier alpha value is -4.76. The molecule has 0 saturated carbocycles.